The van der Waals surface area contributed by atoms with E-state index in [-0.39, 0.29) is 24.0 Å². The van der Waals surface area contributed by atoms with Gasteiger partial charge in [-0.2, -0.15) is 0 Å². The largest absolute Gasteiger partial charge is 0.506 e. The predicted octanol–water partition coefficient (Wildman–Crippen LogP) is 0.992. The first kappa shape index (κ1) is 9.38. The van der Waals surface area contributed by atoms with E-state index in [0.717, 1.165) is 0 Å². The molecule has 13 heavy (non-hydrogen) atoms. The first-order valence-corrected chi connectivity index (χ1v) is 3.73. The Morgan fingerprint density at radius 3 is 2.69 bits per heavy atom. The highest BCUT2D eigenvalue weighted by molar-refractivity contribution is 5.81. The summed E-state index contributed by atoms with van der Waals surface area (Å²) in [5, 5.41) is 11.6. The fourth-order valence-corrected chi connectivity index (χ4v) is 0.982. The van der Waals surface area contributed by atoms with Gasteiger partial charge in [0.1, 0.15) is 17.2 Å². The summed E-state index contributed by atoms with van der Waals surface area (Å²) in [6.07, 6.45) is 0. The standard InChI is InChI=1S/C9H11NO3/c1-5(2)9-8(6(3)11)10-7(12)4-13-9/h11H,1,3-4H2,2H3,(H,10,12). The van der Waals surface area contributed by atoms with Gasteiger partial charge < -0.3 is 15.2 Å². The molecule has 1 amide bonds. The fourth-order valence-electron chi connectivity index (χ4n) is 0.982. The molecule has 0 saturated carbocycles. The monoisotopic (exact) mass is 181 g/mol. The van der Waals surface area contributed by atoms with E-state index in [0.29, 0.717) is 11.3 Å². The molecule has 1 aliphatic heterocycles. The van der Waals surface area contributed by atoms with Crippen molar-refractivity contribution in [1.29, 1.82) is 0 Å². The average Bonchev–Trinajstić information content (AvgIpc) is 2.03. The Labute approximate surface area is 76.2 Å². The molecule has 0 spiro atoms. The van der Waals surface area contributed by atoms with Crippen molar-refractivity contribution in [1.82, 2.24) is 5.32 Å². The topological polar surface area (TPSA) is 58.6 Å². The van der Waals surface area contributed by atoms with Crippen LogP contribution in [0.1, 0.15) is 6.92 Å². The normalized spacial score (nSPS) is 16.2. The molecule has 0 radical (unpaired) electrons. The molecular formula is C9H11NO3. The van der Waals surface area contributed by atoms with Gasteiger partial charge in [-0.25, -0.2) is 0 Å². The van der Waals surface area contributed by atoms with Gasteiger partial charge >= 0.3 is 0 Å². The molecule has 0 aromatic carbocycles. The molecule has 0 atom stereocenters. The highest BCUT2D eigenvalue weighted by Crippen LogP contribution is 2.19. The highest BCUT2D eigenvalue weighted by Gasteiger charge is 2.21. The van der Waals surface area contributed by atoms with Crippen molar-refractivity contribution < 1.29 is 14.6 Å². The number of hydrogen-bond acceptors (Lipinski definition) is 3. The average molecular weight is 181 g/mol. The van der Waals surface area contributed by atoms with Crippen LogP contribution in [0, 0.1) is 0 Å². The second kappa shape index (κ2) is 3.35. The van der Waals surface area contributed by atoms with E-state index in [1.807, 2.05) is 0 Å². The van der Waals surface area contributed by atoms with Gasteiger partial charge in [-0.15, -0.1) is 0 Å². The Kier molecular flexibility index (Phi) is 2.41. The van der Waals surface area contributed by atoms with Gasteiger partial charge in [-0.3, -0.25) is 4.79 Å². The van der Waals surface area contributed by atoms with Crippen LogP contribution in [-0.2, 0) is 9.53 Å². The lowest BCUT2D eigenvalue weighted by Gasteiger charge is -2.20. The molecule has 4 heteroatoms. The van der Waals surface area contributed by atoms with Gasteiger partial charge in [0.25, 0.3) is 5.91 Å². The minimum absolute atomic E-state index is 0.0566. The molecule has 0 saturated heterocycles. The lowest BCUT2D eigenvalue weighted by Crippen LogP contribution is -2.34. The number of amides is 1. The number of carbonyl (C=O) groups is 1. The van der Waals surface area contributed by atoms with Crippen molar-refractivity contribution in [3.05, 3.63) is 35.9 Å². The zero-order chi connectivity index (χ0) is 10.0. The zero-order valence-corrected chi connectivity index (χ0v) is 7.39. The van der Waals surface area contributed by atoms with E-state index in [9.17, 15) is 4.79 Å². The van der Waals surface area contributed by atoms with Crippen LogP contribution >= 0.6 is 0 Å². The van der Waals surface area contributed by atoms with Crippen molar-refractivity contribution in [3.63, 3.8) is 0 Å². The Hall–Kier alpha value is -1.71. The molecule has 70 valence electrons. The lowest BCUT2D eigenvalue weighted by atomic mass is 10.2. The van der Waals surface area contributed by atoms with Crippen LogP contribution < -0.4 is 5.32 Å². The molecule has 2 N–H and O–H groups in total. The van der Waals surface area contributed by atoms with Crippen LogP contribution in [0.15, 0.2) is 35.9 Å². The van der Waals surface area contributed by atoms with Gasteiger partial charge in [-0.1, -0.05) is 13.2 Å². The molecule has 1 aliphatic rings. The Balaban J connectivity index is 3.07. The van der Waals surface area contributed by atoms with Crippen LogP contribution in [-0.4, -0.2) is 17.6 Å². The molecule has 1 heterocycles. The zero-order valence-electron chi connectivity index (χ0n) is 7.39. The number of carbonyl (C=O) groups excluding carboxylic acids is 1. The Morgan fingerprint density at radius 1 is 1.62 bits per heavy atom. The highest BCUT2D eigenvalue weighted by atomic mass is 16.5. The summed E-state index contributed by atoms with van der Waals surface area (Å²) in [4.78, 5) is 10.9. The first-order chi connectivity index (χ1) is 6.02. The third kappa shape index (κ3) is 1.90. The fraction of sp³-hybridized carbons (Fsp3) is 0.222. The Morgan fingerprint density at radius 2 is 2.23 bits per heavy atom. The number of aliphatic hydroxyl groups is 1. The van der Waals surface area contributed by atoms with Crippen LogP contribution in [0.5, 0.6) is 0 Å². The lowest BCUT2D eigenvalue weighted by molar-refractivity contribution is -0.125. The second-order valence-electron chi connectivity index (χ2n) is 2.77. The third-order valence-corrected chi connectivity index (χ3v) is 1.52. The van der Waals surface area contributed by atoms with Gasteiger partial charge in [-0.05, 0) is 12.5 Å². The molecule has 0 aromatic rings. The number of hydrogen-bond donors (Lipinski definition) is 2. The van der Waals surface area contributed by atoms with Gasteiger partial charge in [0.15, 0.2) is 6.61 Å². The third-order valence-electron chi connectivity index (χ3n) is 1.52. The van der Waals surface area contributed by atoms with E-state index in [4.69, 9.17) is 9.84 Å². The second-order valence-corrected chi connectivity index (χ2v) is 2.77. The number of ether oxygens (including phenoxy) is 1. The number of nitrogens with one attached hydrogen (secondary N) is 1. The Bertz CT molecular complexity index is 315. The predicted molar refractivity (Wildman–Crippen MR) is 47.7 cm³/mol. The van der Waals surface area contributed by atoms with Crippen LogP contribution in [0.3, 0.4) is 0 Å². The van der Waals surface area contributed by atoms with Crippen molar-refractivity contribution >= 4 is 5.91 Å². The summed E-state index contributed by atoms with van der Waals surface area (Å²) in [5.41, 5.74) is 0.828. The van der Waals surface area contributed by atoms with Gasteiger partial charge in [0.2, 0.25) is 0 Å². The number of rotatable bonds is 2. The maximum absolute atomic E-state index is 10.9. The summed E-state index contributed by atoms with van der Waals surface area (Å²) in [6.45, 7) is 8.62. The summed E-state index contributed by atoms with van der Waals surface area (Å²) >= 11 is 0. The molecule has 4 nitrogen and oxygen atoms in total. The summed E-state index contributed by atoms with van der Waals surface area (Å²) in [6, 6.07) is 0. The van der Waals surface area contributed by atoms with Crippen molar-refractivity contribution in [3.8, 4) is 0 Å². The van der Waals surface area contributed by atoms with Crippen molar-refractivity contribution in [2.45, 2.75) is 6.92 Å². The molecule has 0 fully saturated rings. The van der Waals surface area contributed by atoms with Gasteiger partial charge in [0, 0.05) is 0 Å². The van der Waals surface area contributed by atoms with Crippen LogP contribution in [0.4, 0.5) is 0 Å². The quantitative estimate of drug-likeness (QED) is 0.624. The van der Waals surface area contributed by atoms with Crippen molar-refractivity contribution in [2.24, 2.45) is 0 Å². The molecule has 0 unspecified atom stereocenters. The maximum Gasteiger partial charge on any atom is 0.262 e. The van der Waals surface area contributed by atoms with E-state index in [1.165, 1.54) is 0 Å². The summed E-state index contributed by atoms with van der Waals surface area (Å²) < 4.78 is 5.07. The molecule has 0 aromatic heterocycles. The minimum Gasteiger partial charge on any atom is -0.506 e. The molecule has 0 aliphatic carbocycles. The molecule has 1 rings (SSSR count). The van der Waals surface area contributed by atoms with Gasteiger partial charge in [0.05, 0.1) is 0 Å². The SMILES string of the molecule is C=C(C)C1=C(C(=C)O)NC(=O)CO1. The number of aliphatic hydroxyl groups excluding tert-OH is 1. The van der Waals surface area contributed by atoms with E-state index < -0.39 is 0 Å². The molecular weight excluding hydrogens is 170 g/mol. The minimum atomic E-state index is -0.310. The summed E-state index contributed by atoms with van der Waals surface area (Å²) in [5.74, 6) is -0.159. The van der Waals surface area contributed by atoms with Crippen LogP contribution in [0.2, 0.25) is 0 Å². The number of allylic oxidation sites excluding steroid dienone is 1. The summed E-state index contributed by atoms with van der Waals surface area (Å²) in [7, 11) is 0. The van der Waals surface area contributed by atoms with E-state index >= 15 is 0 Å². The van der Waals surface area contributed by atoms with E-state index in [1.54, 1.807) is 6.92 Å². The smallest absolute Gasteiger partial charge is 0.262 e. The molecule has 0 bridgehead atoms. The van der Waals surface area contributed by atoms with Crippen molar-refractivity contribution in [2.75, 3.05) is 6.61 Å². The van der Waals surface area contributed by atoms with E-state index in [2.05, 4.69) is 18.5 Å². The first-order valence-electron chi connectivity index (χ1n) is 3.73. The maximum atomic E-state index is 10.9. The van der Waals surface area contributed by atoms with Crippen LogP contribution in [0.25, 0.3) is 0 Å².